The first-order valence-electron chi connectivity index (χ1n) is 5.09. The monoisotopic (exact) mass is 248 g/mol. The number of aliphatic hydroxyl groups excluding tert-OH is 2. The minimum absolute atomic E-state index is 0.146. The second-order valence-corrected chi connectivity index (χ2v) is 3.46. The van der Waals surface area contributed by atoms with Crippen molar-refractivity contribution >= 4 is 0 Å². The average Bonchev–Trinajstić information content (AvgIpc) is 2.42. The highest BCUT2D eigenvalue weighted by atomic mass is 16.5. The van der Waals surface area contributed by atoms with Crippen molar-refractivity contribution < 1.29 is 14.9 Å². The zero-order valence-electron chi connectivity index (χ0n) is 9.69. The summed E-state index contributed by atoms with van der Waals surface area (Å²) in [6.07, 6.45) is -2.60. The first-order valence-corrected chi connectivity index (χ1v) is 5.09. The number of benzene rings is 1. The lowest BCUT2D eigenvalue weighted by atomic mass is 9.98. The Labute approximate surface area is 103 Å². The van der Waals surface area contributed by atoms with E-state index in [9.17, 15) is 10.2 Å². The molecule has 2 atom stereocenters. The number of azide groups is 1. The molecule has 0 fully saturated rings. The second-order valence-electron chi connectivity index (χ2n) is 3.46. The highest BCUT2D eigenvalue weighted by Crippen LogP contribution is 2.27. The lowest BCUT2D eigenvalue weighted by Crippen LogP contribution is -2.22. The van der Waals surface area contributed by atoms with Gasteiger partial charge in [0.1, 0.15) is 17.9 Å². The van der Waals surface area contributed by atoms with Crippen molar-refractivity contribution in [2.45, 2.75) is 12.2 Å². The Hall–Kier alpha value is -2.26. The van der Waals surface area contributed by atoms with Crippen LogP contribution >= 0.6 is 0 Å². The summed E-state index contributed by atoms with van der Waals surface area (Å²) >= 11 is 0. The van der Waals surface area contributed by atoms with Gasteiger partial charge in [0.05, 0.1) is 25.3 Å². The van der Waals surface area contributed by atoms with Crippen LogP contribution in [0.5, 0.6) is 5.75 Å². The van der Waals surface area contributed by atoms with E-state index in [2.05, 4.69) is 10.0 Å². The first-order chi connectivity index (χ1) is 8.65. The van der Waals surface area contributed by atoms with E-state index in [0.717, 1.165) is 0 Å². The fraction of sp³-hybridized carbons (Fsp3) is 0.364. The van der Waals surface area contributed by atoms with Gasteiger partial charge in [-0.25, -0.2) is 0 Å². The Morgan fingerprint density at radius 3 is 2.83 bits per heavy atom. The van der Waals surface area contributed by atoms with Gasteiger partial charge in [0.2, 0.25) is 0 Å². The third-order valence-corrected chi connectivity index (χ3v) is 2.41. The number of nitrogens with zero attached hydrogens (tertiary/aromatic N) is 4. The molecule has 0 saturated carbocycles. The first kappa shape index (κ1) is 13.8. The van der Waals surface area contributed by atoms with Gasteiger partial charge in [-0.3, -0.25) is 0 Å². The molecule has 1 rings (SSSR count). The molecule has 0 saturated heterocycles. The quantitative estimate of drug-likeness (QED) is 0.462. The molecule has 0 bridgehead atoms. The van der Waals surface area contributed by atoms with Crippen molar-refractivity contribution in [1.29, 1.82) is 5.26 Å². The maximum Gasteiger partial charge on any atom is 0.137 e. The molecule has 0 radical (unpaired) electrons. The maximum atomic E-state index is 9.91. The summed E-state index contributed by atoms with van der Waals surface area (Å²) in [6.45, 7) is -0.278. The van der Waals surface area contributed by atoms with Crippen LogP contribution in [0.2, 0.25) is 0 Å². The molecule has 0 amide bonds. The molecule has 7 nitrogen and oxygen atoms in total. The molecule has 2 unspecified atom stereocenters. The van der Waals surface area contributed by atoms with Crippen LogP contribution in [-0.2, 0) is 0 Å². The van der Waals surface area contributed by atoms with Crippen LogP contribution in [0.4, 0.5) is 0 Å². The Morgan fingerprint density at radius 2 is 2.28 bits per heavy atom. The van der Waals surface area contributed by atoms with Gasteiger partial charge in [-0.15, -0.1) is 0 Å². The van der Waals surface area contributed by atoms with Crippen molar-refractivity contribution in [3.8, 4) is 11.8 Å². The molecule has 0 aromatic heterocycles. The summed E-state index contributed by atoms with van der Waals surface area (Å²) in [7, 11) is 1.41. The number of nitriles is 1. The Bertz CT molecular complexity index is 506. The number of hydrogen-bond donors (Lipinski definition) is 2. The molecule has 0 heterocycles. The van der Waals surface area contributed by atoms with Crippen molar-refractivity contribution in [2.24, 2.45) is 5.11 Å². The van der Waals surface area contributed by atoms with Gasteiger partial charge >= 0.3 is 0 Å². The highest BCUT2D eigenvalue weighted by Gasteiger charge is 2.22. The molecule has 94 valence electrons. The standard InChI is InChI=1S/C11H12N4O3/c1-18-10-4-2-3-7(8(10)5-12)11(17)9(16)6-14-15-13/h2-4,9,11,16-17H,6H2,1H3. The van der Waals surface area contributed by atoms with Crippen molar-refractivity contribution in [3.63, 3.8) is 0 Å². The van der Waals surface area contributed by atoms with Gasteiger partial charge in [-0.1, -0.05) is 17.2 Å². The summed E-state index contributed by atoms with van der Waals surface area (Å²) in [6, 6.07) is 6.59. The predicted molar refractivity (Wildman–Crippen MR) is 62.7 cm³/mol. The topological polar surface area (TPSA) is 122 Å². The lowest BCUT2D eigenvalue weighted by molar-refractivity contribution is 0.0241. The maximum absolute atomic E-state index is 9.91. The van der Waals surface area contributed by atoms with E-state index in [1.54, 1.807) is 12.1 Å². The fourth-order valence-electron chi connectivity index (χ4n) is 1.51. The predicted octanol–water partition coefficient (Wildman–Crippen LogP) is 1.27. The van der Waals surface area contributed by atoms with Gasteiger partial charge < -0.3 is 14.9 Å². The SMILES string of the molecule is COc1cccc(C(O)C(O)CN=[N+]=[N-])c1C#N. The van der Waals surface area contributed by atoms with Gasteiger partial charge in [0.25, 0.3) is 0 Å². The fourth-order valence-corrected chi connectivity index (χ4v) is 1.51. The van der Waals surface area contributed by atoms with Crippen LogP contribution in [0.1, 0.15) is 17.2 Å². The Kier molecular flexibility index (Phi) is 4.96. The van der Waals surface area contributed by atoms with Crippen LogP contribution in [0.3, 0.4) is 0 Å². The zero-order valence-corrected chi connectivity index (χ0v) is 9.69. The van der Waals surface area contributed by atoms with Crippen LogP contribution in [0.15, 0.2) is 23.3 Å². The number of methoxy groups -OCH3 is 1. The van der Waals surface area contributed by atoms with Crippen molar-refractivity contribution in [2.75, 3.05) is 13.7 Å². The molecule has 1 aromatic carbocycles. The summed E-state index contributed by atoms with van der Waals surface area (Å²) < 4.78 is 4.99. The van der Waals surface area contributed by atoms with Gasteiger partial charge in [0.15, 0.2) is 0 Å². The van der Waals surface area contributed by atoms with E-state index < -0.39 is 12.2 Å². The lowest BCUT2D eigenvalue weighted by Gasteiger charge is -2.18. The number of rotatable bonds is 5. The molecule has 2 N–H and O–H groups in total. The molecule has 0 aliphatic heterocycles. The number of ether oxygens (including phenoxy) is 1. The third-order valence-electron chi connectivity index (χ3n) is 2.41. The Balaban J connectivity index is 3.09. The molecule has 0 spiro atoms. The van der Waals surface area contributed by atoms with E-state index >= 15 is 0 Å². The van der Waals surface area contributed by atoms with E-state index in [4.69, 9.17) is 15.5 Å². The summed E-state index contributed by atoms with van der Waals surface area (Å²) in [5.74, 6) is 0.310. The smallest absolute Gasteiger partial charge is 0.137 e. The van der Waals surface area contributed by atoms with Crippen molar-refractivity contribution in [3.05, 3.63) is 39.8 Å². The summed E-state index contributed by atoms with van der Waals surface area (Å²) in [4.78, 5) is 2.49. The minimum Gasteiger partial charge on any atom is -0.495 e. The number of hydrogen-bond acceptors (Lipinski definition) is 5. The molecule has 0 aliphatic carbocycles. The van der Waals surface area contributed by atoms with Gasteiger partial charge in [-0.05, 0) is 11.6 Å². The molecular formula is C11H12N4O3. The van der Waals surface area contributed by atoms with E-state index in [1.165, 1.54) is 13.2 Å². The third kappa shape index (κ3) is 2.90. The summed E-state index contributed by atoms with van der Waals surface area (Å²) in [5.41, 5.74) is 8.52. The normalized spacial score (nSPS) is 13.0. The van der Waals surface area contributed by atoms with Crippen LogP contribution in [0, 0.1) is 11.3 Å². The van der Waals surface area contributed by atoms with Gasteiger partial charge in [-0.2, -0.15) is 5.26 Å². The zero-order chi connectivity index (χ0) is 13.5. The number of aliphatic hydroxyl groups is 2. The van der Waals surface area contributed by atoms with E-state index in [-0.39, 0.29) is 17.7 Å². The summed E-state index contributed by atoms with van der Waals surface area (Å²) in [5, 5.41) is 31.7. The van der Waals surface area contributed by atoms with Crippen LogP contribution in [-0.4, -0.2) is 30.0 Å². The average molecular weight is 248 g/mol. The molecule has 0 aliphatic rings. The highest BCUT2D eigenvalue weighted by molar-refractivity contribution is 5.49. The molecule has 1 aromatic rings. The van der Waals surface area contributed by atoms with Crippen molar-refractivity contribution in [1.82, 2.24) is 0 Å². The molecule has 7 heteroatoms. The van der Waals surface area contributed by atoms with Gasteiger partial charge in [0, 0.05) is 10.5 Å². The molecular weight excluding hydrogens is 236 g/mol. The van der Waals surface area contributed by atoms with Crippen LogP contribution < -0.4 is 4.74 Å². The van der Waals surface area contributed by atoms with Crippen LogP contribution in [0.25, 0.3) is 10.4 Å². The van der Waals surface area contributed by atoms with E-state index in [0.29, 0.717) is 5.75 Å². The second kappa shape index (κ2) is 6.47. The minimum atomic E-state index is -1.32. The largest absolute Gasteiger partial charge is 0.495 e. The molecule has 18 heavy (non-hydrogen) atoms. The Morgan fingerprint density at radius 1 is 1.56 bits per heavy atom. The van der Waals surface area contributed by atoms with E-state index in [1.807, 2.05) is 6.07 Å².